The van der Waals surface area contributed by atoms with Gasteiger partial charge in [-0.25, -0.2) is 0 Å². The van der Waals surface area contributed by atoms with E-state index in [0.29, 0.717) is 5.92 Å². The van der Waals surface area contributed by atoms with Gasteiger partial charge in [-0.15, -0.1) is 0 Å². The van der Waals surface area contributed by atoms with E-state index in [4.69, 9.17) is 10.3 Å². The molecule has 1 saturated carbocycles. The Morgan fingerprint density at radius 3 is 2.80 bits per heavy atom. The molecule has 0 spiro atoms. The van der Waals surface area contributed by atoms with E-state index in [2.05, 4.69) is 10.1 Å². The fourth-order valence-electron chi connectivity index (χ4n) is 2.01. The van der Waals surface area contributed by atoms with Crippen molar-refractivity contribution in [3.8, 4) is 0 Å². The van der Waals surface area contributed by atoms with Crippen LogP contribution in [0.3, 0.4) is 0 Å². The van der Waals surface area contributed by atoms with E-state index >= 15 is 0 Å². The molecule has 0 amide bonds. The molecule has 1 aliphatic rings. The number of rotatable bonds is 3. The zero-order valence-electron chi connectivity index (χ0n) is 8.72. The SMILES string of the molecule is NCC(O)c1nc(C2CCCCC2)no1. The zero-order valence-corrected chi connectivity index (χ0v) is 8.72. The van der Waals surface area contributed by atoms with Gasteiger partial charge < -0.3 is 15.4 Å². The number of hydrogen-bond acceptors (Lipinski definition) is 5. The van der Waals surface area contributed by atoms with Crippen LogP contribution in [0.15, 0.2) is 4.52 Å². The maximum Gasteiger partial charge on any atom is 0.256 e. The summed E-state index contributed by atoms with van der Waals surface area (Å²) in [6.07, 6.45) is 5.18. The highest BCUT2D eigenvalue weighted by molar-refractivity contribution is 4.98. The van der Waals surface area contributed by atoms with Gasteiger partial charge in [0.15, 0.2) is 5.82 Å². The standard InChI is InChI=1S/C10H17N3O2/c11-6-8(14)10-12-9(13-15-10)7-4-2-1-3-5-7/h7-8,14H,1-6,11H2. The van der Waals surface area contributed by atoms with Crippen LogP contribution < -0.4 is 5.73 Å². The van der Waals surface area contributed by atoms with Gasteiger partial charge in [0, 0.05) is 12.5 Å². The van der Waals surface area contributed by atoms with Gasteiger partial charge in [-0.3, -0.25) is 0 Å². The van der Waals surface area contributed by atoms with Gasteiger partial charge in [0.25, 0.3) is 5.89 Å². The first kappa shape index (κ1) is 10.6. The summed E-state index contributed by atoms with van der Waals surface area (Å²) in [7, 11) is 0. The van der Waals surface area contributed by atoms with Crippen molar-refractivity contribution in [1.29, 1.82) is 0 Å². The second kappa shape index (κ2) is 4.72. The predicted octanol–water partition coefficient (Wildman–Crippen LogP) is 1.11. The Hall–Kier alpha value is -0.940. The highest BCUT2D eigenvalue weighted by Crippen LogP contribution is 2.31. The number of hydrogen-bond donors (Lipinski definition) is 2. The maximum atomic E-state index is 9.42. The van der Waals surface area contributed by atoms with Crippen molar-refractivity contribution in [2.24, 2.45) is 5.73 Å². The molecule has 1 unspecified atom stereocenters. The van der Waals surface area contributed by atoms with Crippen molar-refractivity contribution in [2.45, 2.75) is 44.1 Å². The number of aromatic nitrogens is 2. The zero-order chi connectivity index (χ0) is 10.7. The van der Waals surface area contributed by atoms with Gasteiger partial charge in [-0.05, 0) is 12.8 Å². The van der Waals surface area contributed by atoms with E-state index in [-0.39, 0.29) is 12.4 Å². The van der Waals surface area contributed by atoms with Crippen LogP contribution in [0.4, 0.5) is 0 Å². The lowest BCUT2D eigenvalue weighted by atomic mass is 9.89. The van der Waals surface area contributed by atoms with E-state index in [0.717, 1.165) is 18.7 Å². The summed E-state index contributed by atoms with van der Waals surface area (Å²) < 4.78 is 4.98. The topological polar surface area (TPSA) is 85.2 Å². The number of aliphatic hydroxyl groups excluding tert-OH is 1. The monoisotopic (exact) mass is 211 g/mol. The minimum Gasteiger partial charge on any atom is -0.382 e. The van der Waals surface area contributed by atoms with E-state index in [9.17, 15) is 5.11 Å². The number of aliphatic hydroxyl groups is 1. The summed E-state index contributed by atoms with van der Waals surface area (Å²) in [5.74, 6) is 1.39. The Morgan fingerprint density at radius 1 is 1.40 bits per heavy atom. The van der Waals surface area contributed by atoms with Crippen molar-refractivity contribution in [3.05, 3.63) is 11.7 Å². The summed E-state index contributed by atoms with van der Waals surface area (Å²) in [4.78, 5) is 4.20. The summed E-state index contributed by atoms with van der Waals surface area (Å²) in [5, 5.41) is 13.3. The molecule has 1 fully saturated rings. The maximum absolute atomic E-state index is 9.42. The first-order chi connectivity index (χ1) is 7.31. The molecule has 1 aromatic rings. The molecule has 3 N–H and O–H groups in total. The second-order valence-electron chi connectivity index (χ2n) is 4.08. The Labute approximate surface area is 88.7 Å². The minimum atomic E-state index is -0.824. The summed E-state index contributed by atoms with van der Waals surface area (Å²) in [6, 6.07) is 0. The van der Waals surface area contributed by atoms with Gasteiger partial charge in [0.1, 0.15) is 6.10 Å². The quantitative estimate of drug-likeness (QED) is 0.782. The Morgan fingerprint density at radius 2 is 2.13 bits per heavy atom. The predicted molar refractivity (Wildman–Crippen MR) is 54.1 cm³/mol. The molecule has 0 bridgehead atoms. The Kier molecular flexibility index (Phi) is 3.33. The first-order valence-electron chi connectivity index (χ1n) is 5.53. The third-order valence-corrected chi connectivity index (χ3v) is 2.94. The van der Waals surface area contributed by atoms with Gasteiger partial charge in [0.2, 0.25) is 0 Å². The van der Waals surface area contributed by atoms with Crippen LogP contribution in [0.1, 0.15) is 55.8 Å². The molecule has 15 heavy (non-hydrogen) atoms. The molecule has 1 aliphatic carbocycles. The molecule has 0 saturated heterocycles. The van der Waals surface area contributed by atoms with Crippen molar-refractivity contribution in [1.82, 2.24) is 10.1 Å². The molecule has 0 aliphatic heterocycles. The van der Waals surface area contributed by atoms with Crippen LogP contribution in [0, 0.1) is 0 Å². The molecule has 0 radical (unpaired) electrons. The van der Waals surface area contributed by atoms with E-state index < -0.39 is 6.10 Å². The van der Waals surface area contributed by atoms with Gasteiger partial charge in [0.05, 0.1) is 0 Å². The first-order valence-corrected chi connectivity index (χ1v) is 5.53. The molecular weight excluding hydrogens is 194 g/mol. The molecular formula is C10H17N3O2. The summed E-state index contributed by atoms with van der Waals surface area (Å²) in [5.41, 5.74) is 5.31. The van der Waals surface area contributed by atoms with Crippen LogP contribution in [0.25, 0.3) is 0 Å². The van der Waals surface area contributed by atoms with Crippen molar-refractivity contribution in [2.75, 3.05) is 6.54 Å². The average Bonchev–Trinajstić information content (AvgIpc) is 2.78. The molecule has 1 heterocycles. The van der Waals surface area contributed by atoms with Gasteiger partial charge >= 0.3 is 0 Å². The fourth-order valence-corrected chi connectivity index (χ4v) is 2.01. The molecule has 5 nitrogen and oxygen atoms in total. The summed E-state index contributed by atoms with van der Waals surface area (Å²) in [6.45, 7) is 0.117. The molecule has 84 valence electrons. The minimum absolute atomic E-state index is 0.117. The second-order valence-corrected chi connectivity index (χ2v) is 4.08. The lowest BCUT2D eigenvalue weighted by Crippen LogP contribution is -2.12. The molecule has 1 aromatic heterocycles. The lowest BCUT2D eigenvalue weighted by Gasteiger charge is -2.17. The Bertz CT molecular complexity index is 307. The largest absolute Gasteiger partial charge is 0.382 e. The van der Waals surface area contributed by atoms with Crippen LogP contribution in [-0.4, -0.2) is 21.8 Å². The molecule has 5 heteroatoms. The molecule has 1 atom stereocenters. The van der Waals surface area contributed by atoms with E-state index in [1.54, 1.807) is 0 Å². The van der Waals surface area contributed by atoms with Gasteiger partial charge in [-0.2, -0.15) is 4.98 Å². The molecule has 0 aromatic carbocycles. The fraction of sp³-hybridized carbons (Fsp3) is 0.800. The van der Waals surface area contributed by atoms with Crippen molar-refractivity contribution >= 4 is 0 Å². The van der Waals surface area contributed by atoms with Crippen LogP contribution >= 0.6 is 0 Å². The molecule has 2 rings (SSSR count). The average molecular weight is 211 g/mol. The highest BCUT2D eigenvalue weighted by Gasteiger charge is 2.22. The number of nitrogens with zero attached hydrogens (tertiary/aromatic N) is 2. The highest BCUT2D eigenvalue weighted by atomic mass is 16.5. The van der Waals surface area contributed by atoms with E-state index in [1.807, 2.05) is 0 Å². The van der Waals surface area contributed by atoms with Crippen LogP contribution in [0.2, 0.25) is 0 Å². The van der Waals surface area contributed by atoms with Crippen molar-refractivity contribution in [3.63, 3.8) is 0 Å². The summed E-state index contributed by atoms with van der Waals surface area (Å²) >= 11 is 0. The third kappa shape index (κ3) is 2.35. The Balaban J connectivity index is 2.05. The lowest BCUT2D eigenvalue weighted by molar-refractivity contribution is 0.141. The third-order valence-electron chi connectivity index (χ3n) is 2.94. The smallest absolute Gasteiger partial charge is 0.256 e. The van der Waals surface area contributed by atoms with Crippen LogP contribution in [-0.2, 0) is 0 Å². The van der Waals surface area contributed by atoms with E-state index in [1.165, 1.54) is 19.3 Å². The van der Waals surface area contributed by atoms with Crippen LogP contribution in [0.5, 0.6) is 0 Å². The number of nitrogens with two attached hydrogens (primary N) is 1. The van der Waals surface area contributed by atoms with Gasteiger partial charge in [-0.1, -0.05) is 24.4 Å². The normalized spacial score (nSPS) is 20.4. The van der Waals surface area contributed by atoms with Crippen molar-refractivity contribution < 1.29 is 9.63 Å².